The number of halogens is 1. The number of nitrogens with zero attached hydrogens (tertiary/aromatic N) is 1. The molecule has 102 valence electrons. The fourth-order valence-electron chi connectivity index (χ4n) is 2.50. The van der Waals surface area contributed by atoms with Gasteiger partial charge in [0, 0.05) is 17.1 Å². The van der Waals surface area contributed by atoms with Crippen molar-refractivity contribution in [3.8, 4) is 0 Å². The Morgan fingerprint density at radius 2 is 2.11 bits per heavy atom. The average Bonchev–Trinajstić information content (AvgIpc) is 2.70. The molecule has 0 aliphatic carbocycles. The standard InChI is InChI=1S/C14H16BrNO3/c1-8-3-4-11(12(15)7-8)13(17)16-6-5-10(9(16)2)14(18)19/h3-4,7,9-10H,5-6H2,1-2H3,(H,18,19). The van der Waals surface area contributed by atoms with Gasteiger partial charge in [-0.3, -0.25) is 9.59 Å². The van der Waals surface area contributed by atoms with Crippen molar-refractivity contribution < 1.29 is 14.7 Å². The maximum Gasteiger partial charge on any atom is 0.308 e. The van der Waals surface area contributed by atoms with E-state index in [0.717, 1.165) is 10.0 Å². The van der Waals surface area contributed by atoms with Gasteiger partial charge in [-0.2, -0.15) is 0 Å². The van der Waals surface area contributed by atoms with Crippen LogP contribution in [0.3, 0.4) is 0 Å². The molecule has 0 bridgehead atoms. The molecule has 0 aromatic heterocycles. The lowest BCUT2D eigenvalue weighted by Crippen LogP contribution is -2.37. The van der Waals surface area contributed by atoms with Gasteiger partial charge >= 0.3 is 5.97 Å². The quantitative estimate of drug-likeness (QED) is 0.909. The summed E-state index contributed by atoms with van der Waals surface area (Å²) in [5, 5.41) is 9.10. The van der Waals surface area contributed by atoms with Crippen molar-refractivity contribution in [1.29, 1.82) is 0 Å². The summed E-state index contributed by atoms with van der Waals surface area (Å²) in [6, 6.07) is 5.29. The molecular formula is C14H16BrNO3. The van der Waals surface area contributed by atoms with Crippen molar-refractivity contribution in [3.63, 3.8) is 0 Å². The van der Waals surface area contributed by atoms with E-state index in [1.165, 1.54) is 0 Å². The number of aliphatic carboxylic acids is 1. The van der Waals surface area contributed by atoms with Crippen LogP contribution in [0.1, 0.15) is 29.3 Å². The average molecular weight is 326 g/mol. The van der Waals surface area contributed by atoms with Crippen molar-refractivity contribution in [2.75, 3.05) is 6.54 Å². The largest absolute Gasteiger partial charge is 0.481 e. The van der Waals surface area contributed by atoms with E-state index in [-0.39, 0.29) is 11.9 Å². The molecule has 1 fully saturated rings. The van der Waals surface area contributed by atoms with Crippen molar-refractivity contribution in [2.24, 2.45) is 5.92 Å². The first-order valence-corrected chi connectivity index (χ1v) is 7.01. The monoisotopic (exact) mass is 325 g/mol. The molecule has 19 heavy (non-hydrogen) atoms. The van der Waals surface area contributed by atoms with Crippen LogP contribution < -0.4 is 0 Å². The minimum absolute atomic E-state index is 0.108. The number of hydrogen-bond acceptors (Lipinski definition) is 2. The highest BCUT2D eigenvalue weighted by Gasteiger charge is 2.38. The molecule has 1 saturated heterocycles. The topological polar surface area (TPSA) is 57.6 Å². The highest BCUT2D eigenvalue weighted by atomic mass is 79.9. The maximum atomic E-state index is 12.5. The molecule has 4 nitrogen and oxygen atoms in total. The van der Waals surface area contributed by atoms with Crippen molar-refractivity contribution in [3.05, 3.63) is 33.8 Å². The van der Waals surface area contributed by atoms with Crippen molar-refractivity contribution in [2.45, 2.75) is 26.3 Å². The molecule has 5 heteroatoms. The molecule has 1 aliphatic heterocycles. The van der Waals surface area contributed by atoms with E-state index >= 15 is 0 Å². The number of benzene rings is 1. The first-order valence-electron chi connectivity index (χ1n) is 6.21. The molecule has 1 aromatic carbocycles. The van der Waals surface area contributed by atoms with Gasteiger partial charge in [0.1, 0.15) is 0 Å². The van der Waals surface area contributed by atoms with E-state index in [4.69, 9.17) is 5.11 Å². The summed E-state index contributed by atoms with van der Waals surface area (Å²) in [6.07, 6.45) is 0.520. The Labute approximate surface area is 120 Å². The molecule has 2 rings (SSSR count). The first kappa shape index (κ1) is 14.1. The Hall–Kier alpha value is -1.36. The minimum atomic E-state index is -0.828. The molecule has 1 N–H and O–H groups in total. The lowest BCUT2D eigenvalue weighted by atomic mass is 10.0. The second-order valence-corrected chi connectivity index (χ2v) is 5.81. The predicted molar refractivity (Wildman–Crippen MR) is 75.1 cm³/mol. The van der Waals surface area contributed by atoms with E-state index in [0.29, 0.717) is 18.5 Å². The molecule has 0 radical (unpaired) electrons. The SMILES string of the molecule is Cc1ccc(C(=O)N2CCC(C(=O)O)C2C)c(Br)c1. The zero-order valence-electron chi connectivity index (χ0n) is 10.9. The van der Waals surface area contributed by atoms with E-state index in [2.05, 4.69) is 15.9 Å². The van der Waals surface area contributed by atoms with E-state index in [1.54, 1.807) is 17.9 Å². The summed E-state index contributed by atoms with van der Waals surface area (Å²) in [5.41, 5.74) is 1.66. The van der Waals surface area contributed by atoms with Crippen molar-refractivity contribution >= 4 is 27.8 Å². The Kier molecular flexibility index (Phi) is 3.94. The van der Waals surface area contributed by atoms with Crippen LogP contribution in [-0.4, -0.2) is 34.5 Å². The van der Waals surface area contributed by atoms with E-state index in [1.807, 2.05) is 19.1 Å². The van der Waals surface area contributed by atoms with Crippen LogP contribution in [0, 0.1) is 12.8 Å². The summed E-state index contributed by atoms with van der Waals surface area (Å²) in [6.45, 7) is 4.25. The molecule has 0 spiro atoms. The molecule has 1 aliphatic rings. The highest BCUT2D eigenvalue weighted by Crippen LogP contribution is 2.28. The normalized spacial score (nSPS) is 22.6. The summed E-state index contributed by atoms with van der Waals surface area (Å²) in [4.78, 5) is 25.2. The molecule has 0 saturated carbocycles. The van der Waals surface area contributed by atoms with Crippen LogP contribution in [0.25, 0.3) is 0 Å². The number of carbonyl (C=O) groups is 2. The van der Waals surface area contributed by atoms with Crippen LogP contribution in [-0.2, 0) is 4.79 Å². The second kappa shape index (κ2) is 5.33. The van der Waals surface area contributed by atoms with E-state index in [9.17, 15) is 9.59 Å². The van der Waals surface area contributed by atoms with Gasteiger partial charge in [-0.25, -0.2) is 0 Å². The number of rotatable bonds is 2. The maximum absolute atomic E-state index is 12.5. The second-order valence-electron chi connectivity index (χ2n) is 4.96. The number of likely N-dealkylation sites (tertiary alicyclic amines) is 1. The summed E-state index contributed by atoms with van der Waals surface area (Å²) in [7, 11) is 0. The zero-order chi connectivity index (χ0) is 14.2. The smallest absolute Gasteiger partial charge is 0.308 e. The Balaban J connectivity index is 2.23. The van der Waals surface area contributed by atoms with Gasteiger partial charge in [-0.15, -0.1) is 0 Å². The molecule has 1 heterocycles. The third-order valence-corrected chi connectivity index (χ3v) is 4.34. The Morgan fingerprint density at radius 3 is 2.63 bits per heavy atom. The van der Waals surface area contributed by atoms with Gasteiger partial charge in [-0.1, -0.05) is 6.07 Å². The van der Waals surface area contributed by atoms with Gasteiger partial charge < -0.3 is 10.0 Å². The van der Waals surface area contributed by atoms with Crippen LogP contribution >= 0.6 is 15.9 Å². The number of carboxylic acids is 1. The number of carbonyl (C=O) groups excluding carboxylic acids is 1. The lowest BCUT2D eigenvalue weighted by molar-refractivity contribution is -0.142. The Bertz CT molecular complexity index is 529. The van der Waals surface area contributed by atoms with Gasteiger partial charge in [0.05, 0.1) is 11.5 Å². The molecule has 2 unspecified atom stereocenters. The van der Waals surface area contributed by atoms with Crippen LogP contribution in [0.4, 0.5) is 0 Å². The summed E-state index contributed by atoms with van der Waals surface area (Å²) >= 11 is 3.39. The number of hydrogen-bond donors (Lipinski definition) is 1. The lowest BCUT2D eigenvalue weighted by Gasteiger charge is -2.23. The first-order chi connectivity index (χ1) is 8.91. The number of aryl methyl sites for hydroxylation is 1. The molecule has 2 atom stereocenters. The third kappa shape index (κ3) is 2.66. The van der Waals surface area contributed by atoms with E-state index < -0.39 is 11.9 Å². The molecule has 1 amide bonds. The fourth-order valence-corrected chi connectivity index (χ4v) is 3.17. The number of amides is 1. The predicted octanol–water partition coefficient (Wildman–Crippen LogP) is 2.69. The summed E-state index contributed by atoms with van der Waals surface area (Å²) < 4.78 is 0.753. The third-order valence-electron chi connectivity index (χ3n) is 3.69. The van der Waals surface area contributed by atoms with Crippen LogP contribution in [0.5, 0.6) is 0 Å². The van der Waals surface area contributed by atoms with Crippen molar-refractivity contribution in [1.82, 2.24) is 4.90 Å². The zero-order valence-corrected chi connectivity index (χ0v) is 12.5. The van der Waals surface area contributed by atoms with Gasteiger partial charge in [0.25, 0.3) is 5.91 Å². The highest BCUT2D eigenvalue weighted by molar-refractivity contribution is 9.10. The fraction of sp³-hybridized carbons (Fsp3) is 0.429. The minimum Gasteiger partial charge on any atom is -0.481 e. The molecule has 1 aromatic rings. The van der Waals surface area contributed by atoms with Crippen LogP contribution in [0.15, 0.2) is 22.7 Å². The van der Waals surface area contributed by atoms with Crippen LogP contribution in [0.2, 0.25) is 0 Å². The van der Waals surface area contributed by atoms with Gasteiger partial charge in [-0.05, 0) is 53.9 Å². The molecular weight excluding hydrogens is 310 g/mol. The van der Waals surface area contributed by atoms with Gasteiger partial charge in [0.15, 0.2) is 0 Å². The Morgan fingerprint density at radius 1 is 1.42 bits per heavy atom. The summed E-state index contributed by atoms with van der Waals surface area (Å²) in [5.74, 6) is -1.40. The number of carboxylic acid groups (broad SMARTS) is 1. The van der Waals surface area contributed by atoms with Gasteiger partial charge in [0.2, 0.25) is 0 Å².